The highest BCUT2D eigenvalue weighted by molar-refractivity contribution is 7.76. The minimum atomic E-state index is -0.477. The summed E-state index contributed by atoms with van der Waals surface area (Å²) in [5, 5.41) is 4.41. The molecule has 118 valence electrons. The van der Waals surface area contributed by atoms with Gasteiger partial charge in [-0.25, -0.2) is 0 Å². The van der Waals surface area contributed by atoms with Gasteiger partial charge < -0.3 is 4.90 Å². The van der Waals surface area contributed by atoms with E-state index in [1.807, 2.05) is 0 Å². The second kappa shape index (κ2) is 7.25. The zero-order chi connectivity index (χ0) is 16.2. The second-order valence-electron chi connectivity index (χ2n) is 6.21. The van der Waals surface area contributed by atoms with Gasteiger partial charge in [-0.15, -0.1) is 0 Å². The number of benzene rings is 2. The quantitative estimate of drug-likeness (QED) is 0.748. The van der Waals surface area contributed by atoms with E-state index >= 15 is 0 Å². The van der Waals surface area contributed by atoms with Crippen LogP contribution in [-0.4, -0.2) is 25.0 Å². The lowest BCUT2D eigenvalue weighted by Crippen LogP contribution is -2.32. The molecule has 0 radical (unpaired) electrons. The molecular formula is C21H24NP. The van der Waals surface area contributed by atoms with Gasteiger partial charge in [-0.2, -0.15) is 0 Å². The van der Waals surface area contributed by atoms with Crippen molar-refractivity contribution in [2.45, 2.75) is 13.0 Å². The van der Waals surface area contributed by atoms with Gasteiger partial charge in [-0.05, 0) is 44.9 Å². The third-order valence-corrected chi connectivity index (χ3v) is 7.14. The van der Waals surface area contributed by atoms with Crippen LogP contribution in [-0.2, 0) is 0 Å². The fourth-order valence-corrected chi connectivity index (χ4v) is 5.71. The van der Waals surface area contributed by atoms with Gasteiger partial charge in [-0.1, -0.05) is 78.9 Å². The van der Waals surface area contributed by atoms with E-state index in [9.17, 15) is 0 Å². The lowest BCUT2D eigenvalue weighted by atomic mass is 10.0. The van der Waals surface area contributed by atoms with Crippen molar-refractivity contribution in [2.75, 3.05) is 14.1 Å². The normalized spacial score (nSPS) is 18.5. The first-order valence-corrected chi connectivity index (χ1v) is 9.47. The molecule has 0 spiro atoms. The van der Waals surface area contributed by atoms with Crippen molar-refractivity contribution in [3.8, 4) is 0 Å². The third kappa shape index (κ3) is 3.47. The van der Waals surface area contributed by atoms with Crippen LogP contribution in [0, 0.1) is 5.92 Å². The van der Waals surface area contributed by atoms with Gasteiger partial charge in [0, 0.05) is 12.0 Å². The zero-order valence-corrected chi connectivity index (χ0v) is 14.9. The fraction of sp³-hybridized carbons (Fsp3) is 0.238. The Morgan fingerprint density at radius 1 is 0.870 bits per heavy atom. The Balaban J connectivity index is 2.03. The van der Waals surface area contributed by atoms with Gasteiger partial charge in [0.05, 0.1) is 0 Å². The fourth-order valence-electron chi connectivity index (χ4n) is 3.04. The van der Waals surface area contributed by atoms with Crippen LogP contribution >= 0.6 is 7.92 Å². The second-order valence-corrected chi connectivity index (χ2v) is 8.43. The van der Waals surface area contributed by atoms with E-state index in [1.165, 1.54) is 10.6 Å². The molecule has 1 nitrogen and oxygen atoms in total. The Morgan fingerprint density at radius 3 is 1.87 bits per heavy atom. The van der Waals surface area contributed by atoms with Crippen LogP contribution in [0.25, 0.3) is 0 Å². The lowest BCUT2D eigenvalue weighted by molar-refractivity contribution is 0.281. The molecule has 0 heterocycles. The number of nitrogens with zero attached hydrogens (tertiary/aromatic N) is 1. The molecule has 2 aromatic carbocycles. The number of hydrogen-bond donors (Lipinski definition) is 0. The maximum Gasteiger partial charge on any atom is 0.0185 e. The Morgan fingerprint density at radius 2 is 1.39 bits per heavy atom. The van der Waals surface area contributed by atoms with E-state index in [-0.39, 0.29) is 0 Å². The number of hydrogen-bond acceptors (Lipinski definition) is 1. The highest BCUT2D eigenvalue weighted by Gasteiger charge is 2.30. The van der Waals surface area contributed by atoms with E-state index < -0.39 is 7.92 Å². The lowest BCUT2D eigenvalue weighted by Gasteiger charge is -2.32. The first-order valence-electron chi connectivity index (χ1n) is 8.13. The van der Waals surface area contributed by atoms with Gasteiger partial charge in [0.1, 0.15) is 0 Å². The topological polar surface area (TPSA) is 3.24 Å². The van der Waals surface area contributed by atoms with E-state index in [1.54, 1.807) is 5.31 Å². The average Bonchev–Trinajstić information content (AvgIpc) is 3.05. The maximum absolute atomic E-state index is 2.36. The predicted molar refractivity (Wildman–Crippen MR) is 103 cm³/mol. The monoisotopic (exact) mass is 321 g/mol. The summed E-state index contributed by atoms with van der Waals surface area (Å²) in [6.07, 6.45) is 6.94. The van der Waals surface area contributed by atoms with Crippen LogP contribution in [0.2, 0.25) is 0 Å². The summed E-state index contributed by atoms with van der Waals surface area (Å²) in [6, 6.07) is 22.4. The van der Waals surface area contributed by atoms with E-state index in [0.29, 0.717) is 12.0 Å². The van der Waals surface area contributed by atoms with Gasteiger partial charge in [0.15, 0.2) is 0 Å². The largest absolute Gasteiger partial charge is 0.306 e. The van der Waals surface area contributed by atoms with Crippen molar-refractivity contribution in [1.82, 2.24) is 4.90 Å². The van der Waals surface area contributed by atoms with Crippen LogP contribution in [0.3, 0.4) is 0 Å². The SMILES string of the molecule is C[C@H]([C@@H]1C=CC=C1P(c1ccccc1)c1ccccc1)N(C)C. The molecule has 0 unspecified atom stereocenters. The van der Waals surface area contributed by atoms with Crippen LogP contribution in [0.15, 0.2) is 84.2 Å². The number of rotatable bonds is 5. The molecule has 0 fully saturated rings. The van der Waals surface area contributed by atoms with Crippen molar-refractivity contribution in [3.05, 3.63) is 84.2 Å². The number of allylic oxidation sites excluding steroid dienone is 2. The Labute approximate surface area is 141 Å². The molecule has 2 aromatic rings. The van der Waals surface area contributed by atoms with Gasteiger partial charge in [0.25, 0.3) is 0 Å². The predicted octanol–water partition coefficient (Wildman–Crippen LogP) is 4.14. The smallest absolute Gasteiger partial charge is 0.0185 e. The Bertz CT molecular complexity index is 649. The summed E-state index contributed by atoms with van der Waals surface area (Å²) in [6.45, 7) is 2.32. The van der Waals surface area contributed by atoms with Gasteiger partial charge >= 0.3 is 0 Å². The maximum atomic E-state index is 2.36. The van der Waals surface area contributed by atoms with Crippen molar-refractivity contribution >= 4 is 18.5 Å². The molecule has 0 aliphatic heterocycles. The molecule has 2 atom stereocenters. The third-order valence-electron chi connectivity index (χ3n) is 4.55. The Kier molecular flexibility index (Phi) is 5.10. The summed E-state index contributed by atoms with van der Waals surface area (Å²) >= 11 is 0. The summed E-state index contributed by atoms with van der Waals surface area (Å²) in [7, 11) is 3.86. The molecule has 3 rings (SSSR count). The molecule has 0 aromatic heterocycles. The minimum Gasteiger partial charge on any atom is -0.306 e. The summed E-state index contributed by atoms with van der Waals surface area (Å²) in [5.74, 6) is 0.483. The molecule has 0 saturated heterocycles. The minimum absolute atomic E-state index is 0.477. The van der Waals surface area contributed by atoms with E-state index in [4.69, 9.17) is 0 Å². The average molecular weight is 321 g/mol. The highest BCUT2D eigenvalue weighted by atomic mass is 31.1. The van der Waals surface area contributed by atoms with Gasteiger partial charge in [0.2, 0.25) is 0 Å². The first kappa shape index (κ1) is 16.2. The molecular weight excluding hydrogens is 297 g/mol. The molecule has 0 amide bonds. The van der Waals surface area contributed by atoms with Crippen LogP contribution in [0.4, 0.5) is 0 Å². The van der Waals surface area contributed by atoms with E-state index in [2.05, 4.69) is 105 Å². The molecule has 0 N–H and O–H groups in total. The van der Waals surface area contributed by atoms with Crippen molar-refractivity contribution in [1.29, 1.82) is 0 Å². The van der Waals surface area contributed by atoms with E-state index in [0.717, 1.165) is 0 Å². The highest BCUT2D eigenvalue weighted by Crippen LogP contribution is 2.50. The summed E-state index contributed by atoms with van der Waals surface area (Å²) in [5.41, 5.74) is 0. The summed E-state index contributed by atoms with van der Waals surface area (Å²) < 4.78 is 0. The molecule has 1 aliphatic carbocycles. The van der Waals surface area contributed by atoms with Crippen LogP contribution in [0.1, 0.15) is 6.92 Å². The molecule has 23 heavy (non-hydrogen) atoms. The molecule has 0 bridgehead atoms. The van der Waals surface area contributed by atoms with Crippen molar-refractivity contribution in [2.24, 2.45) is 5.92 Å². The van der Waals surface area contributed by atoms with Crippen LogP contribution in [0.5, 0.6) is 0 Å². The molecule has 0 saturated carbocycles. The van der Waals surface area contributed by atoms with Crippen molar-refractivity contribution < 1.29 is 0 Å². The van der Waals surface area contributed by atoms with Crippen LogP contribution < -0.4 is 10.6 Å². The molecule has 2 heteroatoms. The van der Waals surface area contributed by atoms with Crippen molar-refractivity contribution in [3.63, 3.8) is 0 Å². The zero-order valence-electron chi connectivity index (χ0n) is 14.1. The Hall–Kier alpha value is -1.69. The standard InChI is InChI=1S/C21H24NP/c1-17(22(2)3)20-15-10-16-21(20)23(18-11-6-4-7-12-18)19-13-8-5-9-14-19/h4-17,20H,1-3H3/t17-,20+/m1/s1. The molecule has 1 aliphatic rings. The van der Waals surface area contributed by atoms with Gasteiger partial charge in [-0.3, -0.25) is 0 Å². The first-order chi connectivity index (χ1) is 11.2. The summed E-state index contributed by atoms with van der Waals surface area (Å²) in [4.78, 5) is 2.32.